The Morgan fingerprint density at radius 3 is 2.82 bits per heavy atom. The van der Waals surface area contributed by atoms with Crippen molar-refractivity contribution in [1.29, 1.82) is 0 Å². The summed E-state index contributed by atoms with van der Waals surface area (Å²) in [6, 6.07) is 8.42. The van der Waals surface area contributed by atoms with E-state index in [2.05, 4.69) is 11.5 Å². The van der Waals surface area contributed by atoms with Crippen LogP contribution in [0.15, 0.2) is 29.2 Å². The molecule has 0 amide bonds. The quantitative estimate of drug-likeness (QED) is 0.489. The second kappa shape index (κ2) is 6.64. The highest BCUT2D eigenvalue weighted by Crippen LogP contribution is 2.31. The molecular formula is C13H19ClN2S. The molecule has 1 fully saturated rings. The van der Waals surface area contributed by atoms with Gasteiger partial charge in [-0.05, 0) is 37.0 Å². The molecule has 1 aliphatic rings. The Hall–Kier alpha value is -0.220. The molecule has 2 rings (SSSR count). The number of nitrogens with one attached hydrogen (secondary N) is 1. The topological polar surface area (TPSA) is 38.0 Å². The Bertz CT molecular complexity index is 353. The zero-order valence-corrected chi connectivity index (χ0v) is 11.4. The summed E-state index contributed by atoms with van der Waals surface area (Å²) in [7, 11) is 0. The normalized spacial score (nSPS) is 18.5. The van der Waals surface area contributed by atoms with Gasteiger partial charge in [-0.15, -0.1) is 11.8 Å². The van der Waals surface area contributed by atoms with Crippen LogP contribution >= 0.6 is 23.4 Å². The Kier molecular flexibility index (Phi) is 5.16. The lowest BCUT2D eigenvalue weighted by Gasteiger charge is -2.22. The fourth-order valence-electron chi connectivity index (χ4n) is 2.42. The van der Waals surface area contributed by atoms with Gasteiger partial charge in [-0.3, -0.25) is 11.3 Å². The molecule has 0 heterocycles. The Labute approximate surface area is 112 Å². The molecule has 0 spiro atoms. The van der Waals surface area contributed by atoms with Crippen LogP contribution in [0.4, 0.5) is 0 Å². The molecular weight excluding hydrogens is 252 g/mol. The molecule has 2 nitrogen and oxygen atoms in total. The first-order chi connectivity index (χ1) is 8.29. The third-order valence-electron chi connectivity index (χ3n) is 3.41. The molecule has 0 aliphatic heterocycles. The first-order valence-corrected chi connectivity index (χ1v) is 7.50. The van der Waals surface area contributed by atoms with Crippen molar-refractivity contribution >= 4 is 23.4 Å². The summed E-state index contributed by atoms with van der Waals surface area (Å²) in [5.74, 6) is 7.41. The van der Waals surface area contributed by atoms with Gasteiger partial charge in [0.25, 0.3) is 0 Å². The van der Waals surface area contributed by atoms with Crippen LogP contribution in [-0.2, 0) is 0 Å². The molecule has 1 aliphatic carbocycles. The van der Waals surface area contributed by atoms with Gasteiger partial charge in [0.05, 0.1) is 0 Å². The van der Waals surface area contributed by atoms with Crippen LogP contribution in [0.5, 0.6) is 0 Å². The highest BCUT2D eigenvalue weighted by Gasteiger charge is 2.23. The minimum absolute atomic E-state index is 0.418. The van der Waals surface area contributed by atoms with E-state index in [1.165, 1.54) is 30.6 Å². The SMILES string of the molecule is NNC(CSc1cccc(Cl)c1)C1CCCC1. The summed E-state index contributed by atoms with van der Waals surface area (Å²) in [5.41, 5.74) is 2.98. The van der Waals surface area contributed by atoms with E-state index in [1.54, 1.807) is 0 Å². The molecule has 1 saturated carbocycles. The molecule has 1 aromatic rings. The van der Waals surface area contributed by atoms with E-state index in [-0.39, 0.29) is 0 Å². The average molecular weight is 271 g/mol. The van der Waals surface area contributed by atoms with Crippen molar-refractivity contribution in [3.05, 3.63) is 29.3 Å². The van der Waals surface area contributed by atoms with Crippen molar-refractivity contribution in [3.8, 4) is 0 Å². The van der Waals surface area contributed by atoms with Gasteiger partial charge in [-0.25, -0.2) is 0 Å². The zero-order chi connectivity index (χ0) is 12.1. The van der Waals surface area contributed by atoms with E-state index in [1.807, 2.05) is 30.0 Å². The fourth-order valence-corrected chi connectivity index (χ4v) is 3.80. The first-order valence-electron chi connectivity index (χ1n) is 6.14. The fraction of sp³-hybridized carbons (Fsp3) is 0.538. The lowest BCUT2D eigenvalue weighted by atomic mass is 10.0. The van der Waals surface area contributed by atoms with E-state index < -0.39 is 0 Å². The van der Waals surface area contributed by atoms with Crippen molar-refractivity contribution in [1.82, 2.24) is 5.43 Å². The maximum atomic E-state index is 5.97. The molecule has 3 N–H and O–H groups in total. The summed E-state index contributed by atoms with van der Waals surface area (Å²) in [4.78, 5) is 1.22. The van der Waals surface area contributed by atoms with Crippen LogP contribution in [0, 0.1) is 5.92 Å². The van der Waals surface area contributed by atoms with Gasteiger partial charge in [-0.2, -0.15) is 0 Å². The standard InChI is InChI=1S/C13H19ClN2S/c14-11-6-3-7-12(8-11)17-9-13(16-15)10-4-1-2-5-10/h3,6-8,10,13,16H,1-2,4-5,9,15H2. The van der Waals surface area contributed by atoms with Crippen LogP contribution in [0.3, 0.4) is 0 Å². The van der Waals surface area contributed by atoms with Crippen LogP contribution in [-0.4, -0.2) is 11.8 Å². The number of hydrazine groups is 1. The molecule has 0 bridgehead atoms. The van der Waals surface area contributed by atoms with Crippen molar-refractivity contribution in [2.75, 3.05) is 5.75 Å². The van der Waals surface area contributed by atoms with Crippen LogP contribution in [0.2, 0.25) is 5.02 Å². The first kappa shape index (κ1) is 13.2. The zero-order valence-electron chi connectivity index (χ0n) is 9.86. The molecule has 1 aromatic carbocycles. The van der Waals surface area contributed by atoms with E-state index in [4.69, 9.17) is 17.4 Å². The number of rotatable bonds is 5. The lowest BCUT2D eigenvalue weighted by molar-refractivity contribution is 0.393. The van der Waals surface area contributed by atoms with Gasteiger partial charge in [0.2, 0.25) is 0 Å². The minimum Gasteiger partial charge on any atom is -0.271 e. The van der Waals surface area contributed by atoms with Crippen molar-refractivity contribution < 1.29 is 0 Å². The molecule has 94 valence electrons. The summed E-state index contributed by atoms with van der Waals surface area (Å²) < 4.78 is 0. The van der Waals surface area contributed by atoms with Gasteiger partial charge in [0.1, 0.15) is 0 Å². The Balaban J connectivity index is 1.87. The molecule has 0 saturated heterocycles. The predicted molar refractivity (Wildman–Crippen MR) is 75.2 cm³/mol. The lowest BCUT2D eigenvalue weighted by Crippen LogP contribution is -2.41. The summed E-state index contributed by atoms with van der Waals surface area (Å²) in [5, 5.41) is 0.799. The summed E-state index contributed by atoms with van der Waals surface area (Å²) >= 11 is 7.79. The maximum Gasteiger partial charge on any atom is 0.0417 e. The number of halogens is 1. The molecule has 0 radical (unpaired) electrons. The molecule has 4 heteroatoms. The number of hydrogen-bond acceptors (Lipinski definition) is 3. The highest BCUT2D eigenvalue weighted by atomic mass is 35.5. The third-order valence-corrected chi connectivity index (χ3v) is 4.76. The van der Waals surface area contributed by atoms with Gasteiger partial charge < -0.3 is 0 Å². The molecule has 17 heavy (non-hydrogen) atoms. The Morgan fingerprint density at radius 2 is 2.18 bits per heavy atom. The largest absolute Gasteiger partial charge is 0.271 e. The van der Waals surface area contributed by atoms with E-state index in [9.17, 15) is 0 Å². The van der Waals surface area contributed by atoms with Crippen molar-refractivity contribution in [2.45, 2.75) is 36.6 Å². The van der Waals surface area contributed by atoms with E-state index in [0.717, 1.165) is 16.7 Å². The number of thioether (sulfide) groups is 1. The van der Waals surface area contributed by atoms with Crippen LogP contribution < -0.4 is 11.3 Å². The third kappa shape index (κ3) is 3.88. The smallest absolute Gasteiger partial charge is 0.0417 e. The number of nitrogens with two attached hydrogens (primary N) is 1. The monoisotopic (exact) mass is 270 g/mol. The van der Waals surface area contributed by atoms with Gasteiger partial charge in [0, 0.05) is 21.7 Å². The molecule has 1 atom stereocenters. The number of benzene rings is 1. The van der Waals surface area contributed by atoms with E-state index in [0.29, 0.717) is 6.04 Å². The van der Waals surface area contributed by atoms with Crippen LogP contribution in [0.25, 0.3) is 0 Å². The van der Waals surface area contributed by atoms with Crippen LogP contribution in [0.1, 0.15) is 25.7 Å². The average Bonchev–Trinajstić information content (AvgIpc) is 2.84. The highest BCUT2D eigenvalue weighted by molar-refractivity contribution is 7.99. The maximum absolute atomic E-state index is 5.97. The van der Waals surface area contributed by atoms with Crippen molar-refractivity contribution in [2.24, 2.45) is 11.8 Å². The predicted octanol–water partition coefficient (Wildman–Crippen LogP) is 3.45. The second-order valence-electron chi connectivity index (χ2n) is 4.59. The Morgan fingerprint density at radius 1 is 1.41 bits per heavy atom. The van der Waals surface area contributed by atoms with Crippen molar-refractivity contribution in [3.63, 3.8) is 0 Å². The number of hydrogen-bond donors (Lipinski definition) is 2. The molecule has 0 aromatic heterocycles. The van der Waals surface area contributed by atoms with Gasteiger partial charge in [-0.1, -0.05) is 30.5 Å². The summed E-state index contributed by atoms with van der Waals surface area (Å²) in [6.07, 6.45) is 5.32. The van der Waals surface area contributed by atoms with Gasteiger partial charge >= 0.3 is 0 Å². The summed E-state index contributed by atoms with van der Waals surface area (Å²) in [6.45, 7) is 0. The van der Waals surface area contributed by atoms with Gasteiger partial charge in [0.15, 0.2) is 0 Å². The second-order valence-corrected chi connectivity index (χ2v) is 6.12. The minimum atomic E-state index is 0.418. The van der Waals surface area contributed by atoms with E-state index >= 15 is 0 Å². The molecule has 1 unspecified atom stereocenters.